The van der Waals surface area contributed by atoms with Crippen LogP contribution in [0.5, 0.6) is 0 Å². The first-order valence-electron chi connectivity index (χ1n) is 4.82. The summed E-state index contributed by atoms with van der Waals surface area (Å²) in [4.78, 5) is 14.6. The summed E-state index contributed by atoms with van der Waals surface area (Å²) in [5.41, 5.74) is -0.487. The lowest BCUT2D eigenvalue weighted by molar-refractivity contribution is 0.0605. The summed E-state index contributed by atoms with van der Waals surface area (Å²) in [5.74, 6) is 0. The van der Waals surface area contributed by atoms with E-state index in [1.807, 2.05) is 0 Å². The quantitative estimate of drug-likeness (QED) is 0.560. The highest BCUT2D eigenvalue weighted by Gasteiger charge is 2.14. The van der Waals surface area contributed by atoms with Gasteiger partial charge in [0.1, 0.15) is 5.60 Å². The van der Waals surface area contributed by atoms with Crippen LogP contribution in [0, 0.1) is 0 Å². The van der Waals surface area contributed by atoms with Crippen LogP contribution >= 0.6 is 0 Å². The van der Waals surface area contributed by atoms with E-state index in [-0.39, 0.29) is 6.61 Å². The molecule has 0 aromatic heterocycles. The minimum absolute atomic E-state index is 0.181. The molecule has 0 rings (SSSR count). The van der Waals surface area contributed by atoms with Crippen molar-refractivity contribution in [2.24, 2.45) is 4.99 Å². The number of aliphatic imine (C=N–C) groups is 1. The van der Waals surface area contributed by atoms with Crippen LogP contribution in [0.15, 0.2) is 4.99 Å². The Bertz CT molecular complexity index is 194. The monoisotopic (exact) mass is 201 g/mol. The van der Waals surface area contributed by atoms with Crippen molar-refractivity contribution in [1.29, 1.82) is 0 Å². The molecule has 1 N–H and O–H groups in total. The Morgan fingerprint density at radius 3 is 2.57 bits per heavy atom. The van der Waals surface area contributed by atoms with Gasteiger partial charge in [-0.25, -0.2) is 4.79 Å². The van der Waals surface area contributed by atoms with Crippen molar-refractivity contribution < 1.29 is 14.6 Å². The molecular weight excluding hydrogens is 182 g/mol. The van der Waals surface area contributed by atoms with E-state index in [0.29, 0.717) is 6.42 Å². The van der Waals surface area contributed by atoms with Gasteiger partial charge in [-0.05, 0) is 40.0 Å². The van der Waals surface area contributed by atoms with Crippen molar-refractivity contribution in [3.63, 3.8) is 0 Å². The van der Waals surface area contributed by atoms with Gasteiger partial charge in [-0.3, -0.25) is 0 Å². The summed E-state index contributed by atoms with van der Waals surface area (Å²) in [6.07, 6.45) is 3.24. The molecular formula is C10H19NO3. The van der Waals surface area contributed by atoms with Crippen LogP contribution in [0.2, 0.25) is 0 Å². The maximum absolute atomic E-state index is 11.0. The smallest absolute Gasteiger partial charge is 0.433 e. The van der Waals surface area contributed by atoms with Crippen molar-refractivity contribution in [2.45, 2.75) is 45.6 Å². The molecule has 0 fully saturated rings. The number of aliphatic hydroxyl groups excluding tert-OH is 1. The molecule has 0 heterocycles. The predicted molar refractivity (Wildman–Crippen MR) is 55.7 cm³/mol. The number of hydrogen-bond acceptors (Lipinski definition) is 3. The summed E-state index contributed by atoms with van der Waals surface area (Å²) < 4.78 is 4.96. The highest BCUT2D eigenvalue weighted by Crippen LogP contribution is 2.07. The van der Waals surface area contributed by atoms with E-state index in [1.54, 1.807) is 20.8 Å². The lowest BCUT2D eigenvalue weighted by Crippen LogP contribution is -2.21. The molecule has 1 amide bonds. The summed E-state index contributed by atoms with van der Waals surface area (Å²) in [6.45, 7) is 5.57. The van der Waals surface area contributed by atoms with Gasteiger partial charge in [-0.2, -0.15) is 4.99 Å². The van der Waals surface area contributed by atoms with Gasteiger partial charge < -0.3 is 9.84 Å². The van der Waals surface area contributed by atoms with E-state index in [9.17, 15) is 4.79 Å². The molecule has 0 spiro atoms. The third-order valence-corrected chi connectivity index (χ3v) is 1.33. The first kappa shape index (κ1) is 13.1. The molecule has 0 saturated carbocycles. The number of hydrogen-bond donors (Lipinski definition) is 1. The SMILES string of the molecule is CC(C)(C)OC(=O)N=CCCCCO. The maximum atomic E-state index is 11.0. The van der Waals surface area contributed by atoms with Crippen molar-refractivity contribution in [3.8, 4) is 0 Å². The van der Waals surface area contributed by atoms with Gasteiger partial charge in [-0.1, -0.05) is 0 Å². The second-order valence-corrected chi connectivity index (χ2v) is 4.01. The average Bonchev–Trinajstić information content (AvgIpc) is 2.00. The van der Waals surface area contributed by atoms with E-state index in [1.165, 1.54) is 6.21 Å². The molecule has 0 saturated heterocycles. The minimum atomic E-state index is -0.554. The van der Waals surface area contributed by atoms with Gasteiger partial charge in [0, 0.05) is 12.8 Å². The van der Waals surface area contributed by atoms with E-state index in [4.69, 9.17) is 9.84 Å². The molecule has 0 aliphatic carbocycles. The fraction of sp³-hybridized carbons (Fsp3) is 0.800. The van der Waals surface area contributed by atoms with Crippen LogP contribution in [0.25, 0.3) is 0 Å². The molecule has 4 nitrogen and oxygen atoms in total. The van der Waals surface area contributed by atoms with Gasteiger partial charge in [0.15, 0.2) is 0 Å². The van der Waals surface area contributed by atoms with E-state index >= 15 is 0 Å². The molecule has 0 bridgehead atoms. The van der Waals surface area contributed by atoms with Gasteiger partial charge in [0.25, 0.3) is 0 Å². The number of amides is 1. The largest absolute Gasteiger partial charge is 0.442 e. The molecule has 0 aromatic carbocycles. The number of carbonyl (C=O) groups is 1. The van der Waals surface area contributed by atoms with Crippen molar-refractivity contribution in [1.82, 2.24) is 0 Å². The zero-order valence-electron chi connectivity index (χ0n) is 9.12. The first-order chi connectivity index (χ1) is 6.45. The number of ether oxygens (including phenoxy) is 1. The molecule has 0 aliphatic heterocycles. The summed E-state index contributed by atoms with van der Waals surface area (Å²) >= 11 is 0. The van der Waals surface area contributed by atoms with E-state index in [2.05, 4.69) is 4.99 Å². The summed E-state index contributed by atoms with van der Waals surface area (Å²) in [5, 5.41) is 8.49. The number of aliphatic hydroxyl groups is 1. The van der Waals surface area contributed by atoms with Crippen LogP contribution in [0.3, 0.4) is 0 Å². The third kappa shape index (κ3) is 9.19. The Morgan fingerprint density at radius 2 is 2.07 bits per heavy atom. The first-order valence-corrected chi connectivity index (χ1v) is 4.82. The lowest BCUT2D eigenvalue weighted by Gasteiger charge is -2.16. The molecule has 4 heteroatoms. The van der Waals surface area contributed by atoms with Crippen LogP contribution in [0.1, 0.15) is 40.0 Å². The van der Waals surface area contributed by atoms with Crippen LogP contribution in [-0.2, 0) is 4.74 Å². The van der Waals surface area contributed by atoms with Crippen molar-refractivity contribution in [2.75, 3.05) is 6.61 Å². The fourth-order valence-corrected chi connectivity index (χ4v) is 0.775. The molecule has 14 heavy (non-hydrogen) atoms. The molecule has 0 unspecified atom stereocenters. The normalized spacial score (nSPS) is 12.0. The Labute approximate surface area is 85.0 Å². The van der Waals surface area contributed by atoms with E-state index < -0.39 is 11.7 Å². The summed E-state index contributed by atoms with van der Waals surface area (Å²) in [7, 11) is 0. The Hall–Kier alpha value is -0.900. The highest BCUT2D eigenvalue weighted by atomic mass is 16.6. The average molecular weight is 201 g/mol. The number of nitrogens with zero attached hydrogens (tertiary/aromatic N) is 1. The van der Waals surface area contributed by atoms with Crippen LogP contribution in [-0.4, -0.2) is 29.6 Å². The Balaban J connectivity index is 3.61. The summed E-state index contributed by atoms with van der Waals surface area (Å²) in [6, 6.07) is 0. The van der Waals surface area contributed by atoms with Crippen molar-refractivity contribution in [3.05, 3.63) is 0 Å². The minimum Gasteiger partial charge on any atom is -0.442 e. The molecule has 0 aromatic rings. The Morgan fingerprint density at radius 1 is 1.43 bits per heavy atom. The fourth-order valence-electron chi connectivity index (χ4n) is 0.775. The van der Waals surface area contributed by atoms with Crippen molar-refractivity contribution >= 4 is 12.3 Å². The van der Waals surface area contributed by atoms with Gasteiger partial charge in [0.05, 0.1) is 0 Å². The van der Waals surface area contributed by atoms with Crippen LogP contribution < -0.4 is 0 Å². The third-order valence-electron chi connectivity index (χ3n) is 1.33. The zero-order valence-corrected chi connectivity index (χ0v) is 9.12. The lowest BCUT2D eigenvalue weighted by atomic mass is 10.2. The second kappa shape index (κ2) is 6.54. The molecule has 0 radical (unpaired) electrons. The number of rotatable bonds is 4. The van der Waals surface area contributed by atoms with Gasteiger partial charge in [-0.15, -0.1) is 0 Å². The van der Waals surface area contributed by atoms with E-state index in [0.717, 1.165) is 12.8 Å². The van der Waals surface area contributed by atoms with Gasteiger partial charge in [0.2, 0.25) is 0 Å². The van der Waals surface area contributed by atoms with Crippen LogP contribution in [0.4, 0.5) is 4.79 Å². The topological polar surface area (TPSA) is 58.9 Å². The molecule has 0 atom stereocenters. The zero-order chi connectivity index (χ0) is 11.0. The molecule has 0 aliphatic rings. The Kier molecular flexibility index (Phi) is 6.12. The highest BCUT2D eigenvalue weighted by molar-refractivity contribution is 5.79. The van der Waals surface area contributed by atoms with Gasteiger partial charge >= 0.3 is 6.09 Å². The number of unbranched alkanes of at least 4 members (excludes halogenated alkanes) is 2. The number of carbonyl (C=O) groups excluding carboxylic acids is 1. The standard InChI is InChI=1S/C10H19NO3/c1-10(2,3)14-9(13)11-7-5-4-6-8-12/h7,12H,4-6,8H2,1-3H3. The predicted octanol–water partition coefficient (Wildman–Crippen LogP) is 2.15. The maximum Gasteiger partial charge on any atom is 0.433 e. The molecule has 82 valence electrons. The second-order valence-electron chi connectivity index (χ2n) is 4.01.